The molecule has 6 nitrogen and oxygen atoms in total. The van der Waals surface area contributed by atoms with Crippen molar-refractivity contribution >= 4 is 10.1 Å². The van der Waals surface area contributed by atoms with Gasteiger partial charge in [0.25, 0.3) is 10.1 Å². The number of nitrogens with zero attached hydrogens (tertiary/aromatic N) is 1. The Morgan fingerprint density at radius 2 is 2.08 bits per heavy atom. The second kappa shape index (κ2) is 6.28. The Morgan fingerprint density at radius 3 is 2.54 bits per heavy atom. The highest BCUT2D eigenvalue weighted by atomic mass is 32.2. The van der Waals surface area contributed by atoms with E-state index in [1.165, 1.54) is 5.01 Å². The molecule has 80 valence electrons. The molecule has 0 heterocycles. The van der Waals surface area contributed by atoms with Crippen LogP contribution in [0.4, 0.5) is 0 Å². The van der Waals surface area contributed by atoms with E-state index in [0.29, 0.717) is 26.1 Å². The van der Waals surface area contributed by atoms with Crippen molar-refractivity contribution in [3.8, 4) is 0 Å². The summed E-state index contributed by atoms with van der Waals surface area (Å²) >= 11 is 0. The molecule has 0 saturated heterocycles. The van der Waals surface area contributed by atoms with Crippen LogP contribution in [-0.2, 0) is 14.9 Å². The van der Waals surface area contributed by atoms with Gasteiger partial charge in [0, 0.05) is 20.2 Å². The summed E-state index contributed by atoms with van der Waals surface area (Å²) in [6.07, 6.45) is 0.318. The smallest absolute Gasteiger partial charge is 0.264 e. The van der Waals surface area contributed by atoms with E-state index < -0.39 is 10.1 Å². The van der Waals surface area contributed by atoms with Crippen LogP contribution in [0.5, 0.6) is 0 Å². The minimum absolute atomic E-state index is 0.256. The van der Waals surface area contributed by atoms with Gasteiger partial charge in [-0.2, -0.15) is 8.42 Å². The molecule has 0 unspecified atom stereocenters. The zero-order valence-electron chi connectivity index (χ0n) is 7.64. The van der Waals surface area contributed by atoms with E-state index in [2.05, 4.69) is 0 Å². The second-order valence-corrected chi connectivity index (χ2v) is 4.24. The third-order valence-corrected chi connectivity index (χ3v) is 2.23. The fourth-order valence-electron chi connectivity index (χ4n) is 0.770. The Labute approximate surface area is 78.4 Å². The van der Waals surface area contributed by atoms with Crippen molar-refractivity contribution in [2.75, 3.05) is 32.6 Å². The van der Waals surface area contributed by atoms with Gasteiger partial charge in [-0.15, -0.1) is 0 Å². The molecule has 0 rings (SSSR count). The largest absolute Gasteiger partial charge is 0.383 e. The second-order valence-electron chi connectivity index (χ2n) is 2.67. The average Bonchev–Trinajstić information content (AvgIpc) is 1.98. The molecule has 0 aliphatic heterocycles. The lowest BCUT2D eigenvalue weighted by molar-refractivity contribution is 0.148. The highest BCUT2D eigenvalue weighted by Gasteiger charge is 2.05. The molecule has 0 amide bonds. The zero-order valence-corrected chi connectivity index (χ0v) is 8.46. The van der Waals surface area contributed by atoms with E-state index in [1.54, 1.807) is 7.11 Å². The molecule has 0 atom stereocenters. The Balaban J connectivity index is 3.42. The highest BCUT2D eigenvalue weighted by molar-refractivity contribution is 7.85. The average molecular weight is 212 g/mol. The Bertz CT molecular complexity index is 217. The molecule has 0 aromatic heterocycles. The lowest BCUT2D eigenvalue weighted by Gasteiger charge is -2.14. The van der Waals surface area contributed by atoms with E-state index in [-0.39, 0.29) is 5.75 Å². The van der Waals surface area contributed by atoms with Gasteiger partial charge >= 0.3 is 0 Å². The summed E-state index contributed by atoms with van der Waals surface area (Å²) in [7, 11) is -2.29. The van der Waals surface area contributed by atoms with Gasteiger partial charge in [0.05, 0.1) is 12.4 Å². The van der Waals surface area contributed by atoms with Crippen molar-refractivity contribution in [2.24, 2.45) is 5.84 Å². The van der Waals surface area contributed by atoms with Crippen molar-refractivity contribution in [1.82, 2.24) is 5.01 Å². The van der Waals surface area contributed by atoms with Gasteiger partial charge in [0.1, 0.15) is 0 Å². The number of hydrogen-bond donors (Lipinski definition) is 2. The van der Waals surface area contributed by atoms with Crippen LogP contribution in [0.3, 0.4) is 0 Å². The van der Waals surface area contributed by atoms with Gasteiger partial charge in [-0.1, -0.05) is 0 Å². The zero-order chi connectivity index (χ0) is 10.3. The lowest BCUT2D eigenvalue weighted by atomic mass is 10.4. The maximum atomic E-state index is 10.3. The molecule has 0 aromatic carbocycles. The normalized spacial score (nSPS) is 12.3. The monoisotopic (exact) mass is 212 g/mol. The summed E-state index contributed by atoms with van der Waals surface area (Å²) in [6.45, 7) is 1.47. The Hall–Kier alpha value is -0.210. The number of ether oxygens (including phenoxy) is 1. The van der Waals surface area contributed by atoms with Crippen LogP contribution in [0.1, 0.15) is 6.42 Å². The molecule has 3 N–H and O–H groups in total. The predicted octanol–water partition coefficient (Wildman–Crippen LogP) is -0.914. The van der Waals surface area contributed by atoms with E-state index in [1.807, 2.05) is 0 Å². The van der Waals surface area contributed by atoms with Gasteiger partial charge in [-0.05, 0) is 6.42 Å². The molecule has 0 aliphatic rings. The summed E-state index contributed by atoms with van der Waals surface area (Å²) in [5.74, 6) is 5.21. The van der Waals surface area contributed by atoms with Crippen molar-refractivity contribution in [1.29, 1.82) is 0 Å². The van der Waals surface area contributed by atoms with Crippen LogP contribution < -0.4 is 5.84 Å². The first kappa shape index (κ1) is 12.8. The topological polar surface area (TPSA) is 92.9 Å². The van der Waals surface area contributed by atoms with E-state index >= 15 is 0 Å². The van der Waals surface area contributed by atoms with Crippen LogP contribution in [-0.4, -0.2) is 50.5 Å². The number of methoxy groups -OCH3 is 1. The maximum absolute atomic E-state index is 10.3. The molecule has 7 heteroatoms. The molecule has 0 radical (unpaired) electrons. The minimum atomic E-state index is -3.85. The number of hydrazine groups is 1. The number of rotatable bonds is 7. The van der Waals surface area contributed by atoms with Crippen LogP contribution in [0, 0.1) is 0 Å². The molecule has 0 spiro atoms. The number of hydrogen-bond acceptors (Lipinski definition) is 5. The minimum Gasteiger partial charge on any atom is -0.383 e. The van der Waals surface area contributed by atoms with Gasteiger partial charge in [0.15, 0.2) is 0 Å². The van der Waals surface area contributed by atoms with Gasteiger partial charge in [0.2, 0.25) is 0 Å². The Kier molecular flexibility index (Phi) is 6.17. The predicted molar refractivity (Wildman–Crippen MR) is 48.7 cm³/mol. The molecular formula is C6H16N2O4S. The first-order chi connectivity index (χ1) is 5.95. The summed E-state index contributed by atoms with van der Waals surface area (Å²) < 4.78 is 33.8. The molecular weight excluding hydrogens is 196 g/mol. The first-order valence-corrected chi connectivity index (χ1v) is 5.50. The summed E-state index contributed by atoms with van der Waals surface area (Å²) in [6, 6.07) is 0. The van der Waals surface area contributed by atoms with Crippen molar-refractivity contribution in [3.63, 3.8) is 0 Å². The standard InChI is InChI=1S/C6H16N2O4S/c1-12-5-4-8(7)3-2-6-13(9,10)11/h2-7H2,1H3,(H,9,10,11). The van der Waals surface area contributed by atoms with Crippen LogP contribution in [0.2, 0.25) is 0 Å². The van der Waals surface area contributed by atoms with Gasteiger partial charge in [-0.25, -0.2) is 5.01 Å². The fraction of sp³-hybridized carbons (Fsp3) is 1.00. The Morgan fingerprint density at radius 1 is 1.46 bits per heavy atom. The van der Waals surface area contributed by atoms with Crippen LogP contribution >= 0.6 is 0 Å². The third kappa shape index (κ3) is 9.71. The quantitative estimate of drug-likeness (QED) is 0.322. The van der Waals surface area contributed by atoms with Crippen molar-refractivity contribution < 1.29 is 17.7 Å². The first-order valence-electron chi connectivity index (χ1n) is 3.89. The molecule has 0 fully saturated rings. The summed E-state index contributed by atoms with van der Waals surface area (Å²) in [4.78, 5) is 0. The molecule has 0 aromatic rings. The third-order valence-electron chi connectivity index (χ3n) is 1.43. The van der Waals surface area contributed by atoms with E-state index in [9.17, 15) is 8.42 Å². The maximum Gasteiger partial charge on any atom is 0.264 e. The molecule has 0 saturated carbocycles. The molecule has 13 heavy (non-hydrogen) atoms. The number of nitrogens with two attached hydrogens (primary N) is 1. The van der Waals surface area contributed by atoms with E-state index in [4.69, 9.17) is 15.1 Å². The lowest BCUT2D eigenvalue weighted by Crippen LogP contribution is -2.35. The summed E-state index contributed by atoms with van der Waals surface area (Å²) in [5, 5.41) is 1.45. The van der Waals surface area contributed by atoms with Crippen molar-refractivity contribution in [2.45, 2.75) is 6.42 Å². The van der Waals surface area contributed by atoms with E-state index in [0.717, 1.165) is 0 Å². The van der Waals surface area contributed by atoms with Crippen molar-refractivity contribution in [3.05, 3.63) is 0 Å². The van der Waals surface area contributed by atoms with Gasteiger partial charge in [-0.3, -0.25) is 10.4 Å². The highest BCUT2D eigenvalue weighted by Crippen LogP contribution is 1.90. The van der Waals surface area contributed by atoms with Crippen LogP contribution in [0.25, 0.3) is 0 Å². The summed E-state index contributed by atoms with van der Waals surface area (Å²) in [5.41, 5.74) is 0. The van der Waals surface area contributed by atoms with Crippen LogP contribution in [0.15, 0.2) is 0 Å². The molecule has 0 aliphatic carbocycles. The van der Waals surface area contributed by atoms with Gasteiger partial charge < -0.3 is 4.74 Å². The fourth-order valence-corrected chi connectivity index (χ4v) is 1.26. The molecule has 0 bridgehead atoms. The SMILES string of the molecule is COCCN(N)CCCS(=O)(=O)O.